The molecular weight excluding hydrogens is 428 g/mol. The maximum Gasteiger partial charge on any atom is 0.573 e. The molecule has 0 bridgehead atoms. The second-order valence-corrected chi connectivity index (χ2v) is 6.24. The lowest BCUT2D eigenvalue weighted by molar-refractivity contribution is -0.274. The summed E-state index contributed by atoms with van der Waals surface area (Å²) in [5.41, 5.74) is 2.08. The number of benzene rings is 3. The van der Waals surface area contributed by atoms with Gasteiger partial charge in [-0.25, -0.2) is 4.79 Å². The molecule has 3 rings (SSSR count). The van der Waals surface area contributed by atoms with E-state index in [9.17, 15) is 26.3 Å². The van der Waals surface area contributed by atoms with E-state index in [0.717, 1.165) is 5.56 Å². The Morgan fingerprint density at radius 3 is 2.00 bits per heavy atom. The highest BCUT2D eigenvalue weighted by Crippen LogP contribution is 2.23. The number of fused-ring (bicyclic) bond motifs is 1. The van der Waals surface area contributed by atoms with Crippen molar-refractivity contribution in [1.29, 1.82) is 0 Å². The van der Waals surface area contributed by atoms with E-state index < -0.39 is 18.5 Å². The van der Waals surface area contributed by atoms with Crippen molar-refractivity contribution < 1.29 is 41.0 Å². The fourth-order valence-electron chi connectivity index (χ4n) is 2.60. The van der Waals surface area contributed by atoms with Crippen molar-refractivity contribution >= 4 is 16.7 Å². The van der Waals surface area contributed by atoms with E-state index >= 15 is 0 Å². The minimum Gasteiger partial charge on any atom is -0.475 e. The number of carbonyl (C=O) groups is 1. The first-order valence-corrected chi connectivity index (χ1v) is 8.78. The molecule has 0 aliphatic rings. The molecule has 3 aromatic rings. The van der Waals surface area contributed by atoms with Crippen LogP contribution in [0.25, 0.3) is 10.8 Å². The topological polar surface area (TPSA) is 58.6 Å². The monoisotopic (exact) mass is 445 g/mol. The van der Waals surface area contributed by atoms with Gasteiger partial charge in [-0.3, -0.25) is 0 Å². The summed E-state index contributed by atoms with van der Waals surface area (Å²) < 4.78 is 72.0. The summed E-state index contributed by atoms with van der Waals surface area (Å²) in [7, 11) is 0. The summed E-state index contributed by atoms with van der Waals surface area (Å²) >= 11 is 0. The Bertz CT molecular complexity index is 995. The predicted molar refractivity (Wildman–Crippen MR) is 101 cm³/mol. The highest BCUT2D eigenvalue weighted by Gasteiger charge is 2.38. The lowest BCUT2D eigenvalue weighted by atomic mass is 10.0. The van der Waals surface area contributed by atoms with E-state index in [1.165, 1.54) is 28.5 Å². The second kappa shape index (κ2) is 10.2. The third kappa shape index (κ3) is 8.17. The predicted octanol–water partition coefficient (Wildman–Crippen LogP) is 5.66. The fourth-order valence-corrected chi connectivity index (χ4v) is 2.60. The van der Waals surface area contributed by atoms with Crippen molar-refractivity contribution in [2.24, 2.45) is 0 Å². The number of rotatable bonds is 5. The average molecular weight is 445 g/mol. The summed E-state index contributed by atoms with van der Waals surface area (Å²) in [6, 6.07) is 20.2. The standard InChI is InChI=1S/C19H16F3NO.C2HF3O2/c20-19(21,22)24-17-10-8-14(9-11-17)12-23-13-16-6-3-5-15-4-1-2-7-18(15)16;3-2(4,5)1(6)7/h1-11,23H,12-13H2;(H,6,7). The molecule has 31 heavy (non-hydrogen) atoms. The number of nitrogens with one attached hydrogen (secondary N) is 1. The van der Waals surface area contributed by atoms with Crippen LogP contribution in [0.15, 0.2) is 66.7 Å². The van der Waals surface area contributed by atoms with E-state index in [1.807, 2.05) is 18.2 Å². The van der Waals surface area contributed by atoms with Crippen LogP contribution in [-0.4, -0.2) is 23.6 Å². The zero-order valence-corrected chi connectivity index (χ0v) is 15.8. The second-order valence-electron chi connectivity index (χ2n) is 6.24. The van der Waals surface area contributed by atoms with Crippen molar-refractivity contribution in [3.05, 3.63) is 77.9 Å². The Balaban J connectivity index is 0.000000423. The zero-order chi connectivity index (χ0) is 23.1. The molecule has 0 spiro atoms. The van der Waals surface area contributed by atoms with Crippen LogP contribution in [0.5, 0.6) is 5.75 Å². The third-order valence-electron chi connectivity index (χ3n) is 3.92. The van der Waals surface area contributed by atoms with Crippen LogP contribution >= 0.6 is 0 Å². The molecule has 0 saturated carbocycles. The summed E-state index contributed by atoms with van der Waals surface area (Å²) in [6.45, 7) is 1.25. The SMILES string of the molecule is FC(F)(F)Oc1ccc(CNCc2cccc3ccccc23)cc1.O=C(O)C(F)(F)F. The number of hydrogen-bond donors (Lipinski definition) is 2. The van der Waals surface area contributed by atoms with Gasteiger partial charge in [-0.15, -0.1) is 13.2 Å². The van der Waals surface area contributed by atoms with Crippen LogP contribution in [0.1, 0.15) is 11.1 Å². The van der Waals surface area contributed by atoms with Crippen molar-refractivity contribution in [2.75, 3.05) is 0 Å². The van der Waals surface area contributed by atoms with Crippen molar-refractivity contribution in [3.8, 4) is 5.75 Å². The van der Waals surface area contributed by atoms with Crippen LogP contribution in [0, 0.1) is 0 Å². The van der Waals surface area contributed by atoms with Gasteiger partial charge in [0.1, 0.15) is 5.75 Å². The number of carboxylic acids is 1. The van der Waals surface area contributed by atoms with Gasteiger partial charge in [0.15, 0.2) is 0 Å². The molecule has 0 aromatic heterocycles. The molecule has 3 aromatic carbocycles. The fraction of sp³-hybridized carbons (Fsp3) is 0.190. The molecule has 0 radical (unpaired) electrons. The Kier molecular flexibility index (Phi) is 7.87. The third-order valence-corrected chi connectivity index (χ3v) is 3.92. The first kappa shape index (κ1) is 24.0. The van der Waals surface area contributed by atoms with Gasteiger partial charge in [0, 0.05) is 13.1 Å². The first-order valence-electron chi connectivity index (χ1n) is 8.78. The van der Waals surface area contributed by atoms with Gasteiger partial charge in [-0.1, -0.05) is 54.6 Å². The molecule has 0 heterocycles. The van der Waals surface area contributed by atoms with Gasteiger partial charge in [-0.05, 0) is 34.0 Å². The molecule has 0 aliphatic heterocycles. The van der Waals surface area contributed by atoms with E-state index in [4.69, 9.17) is 9.90 Å². The summed E-state index contributed by atoms with van der Waals surface area (Å²) in [6.07, 6.45) is -9.74. The van der Waals surface area contributed by atoms with E-state index in [2.05, 4.69) is 34.3 Å². The normalized spacial score (nSPS) is 11.5. The van der Waals surface area contributed by atoms with Crippen LogP contribution in [0.3, 0.4) is 0 Å². The lowest BCUT2D eigenvalue weighted by Gasteiger charge is -2.10. The van der Waals surface area contributed by atoms with Crippen LogP contribution in [-0.2, 0) is 17.9 Å². The van der Waals surface area contributed by atoms with Crippen LogP contribution in [0.4, 0.5) is 26.3 Å². The molecule has 166 valence electrons. The number of carboxylic acid groups (broad SMARTS) is 1. The summed E-state index contributed by atoms with van der Waals surface area (Å²) in [5, 5.41) is 12.8. The molecule has 0 aliphatic carbocycles. The molecule has 4 nitrogen and oxygen atoms in total. The van der Waals surface area contributed by atoms with E-state index in [0.29, 0.717) is 13.1 Å². The van der Waals surface area contributed by atoms with Gasteiger partial charge in [0.25, 0.3) is 0 Å². The summed E-state index contributed by atoms with van der Waals surface area (Å²) in [5.74, 6) is -2.96. The Hall–Kier alpha value is -3.27. The molecule has 0 saturated heterocycles. The first-order chi connectivity index (χ1) is 14.5. The molecular formula is C21H17F6NO3. The van der Waals surface area contributed by atoms with Gasteiger partial charge in [0.05, 0.1) is 0 Å². The van der Waals surface area contributed by atoms with Crippen molar-refractivity contribution in [1.82, 2.24) is 5.32 Å². The Morgan fingerprint density at radius 2 is 1.42 bits per heavy atom. The molecule has 0 atom stereocenters. The molecule has 10 heteroatoms. The van der Waals surface area contributed by atoms with E-state index in [-0.39, 0.29) is 5.75 Å². The zero-order valence-electron chi connectivity index (χ0n) is 15.8. The van der Waals surface area contributed by atoms with Gasteiger partial charge in [0.2, 0.25) is 0 Å². The minimum absolute atomic E-state index is 0.208. The number of hydrogen-bond acceptors (Lipinski definition) is 3. The van der Waals surface area contributed by atoms with Crippen molar-refractivity contribution in [2.45, 2.75) is 25.6 Å². The Morgan fingerprint density at radius 1 is 0.839 bits per heavy atom. The molecule has 0 fully saturated rings. The van der Waals surface area contributed by atoms with Gasteiger partial charge < -0.3 is 15.2 Å². The van der Waals surface area contributed by atoms with Gasteiger partial charge in [-0.2, -0.15) is 13.2 Å². The maximum absolute atomic E-state index is 12.1. The Labute approximate surface area is 173 Å². The molecule has 0 unspecified atom stereocenters. The average Bonchev–Trinajstić information content (AvgIpc) is 2.68. The molecule has 2 N–H and O–H groups in total. The smallest absolute Gasteiger partial charge is 0.475 e. The highest BCUT2D eigenvalue weighted by molar-refractivity contribution is 5.85. The lowest BCUT2D eigenvalue weighted by Crippen LogP contribution is -2.21. The highest BCUT2D eigenvalue weighted by atomic mass is 19.4. The number of ether oxygens (including phenoxy) is 1. The van der Waals surface area contributed by atoms with Crippen LogP contribution in [0.2, 0.25) is 0 Å². The number of alkyl halides is 6. The van der Waals surface area contributed by atoms with Gasteiger partial charge >= 0.3 is 18.5 Å². The maximum atomic E-state index is 12.1. The molecule has 0 amide bonds. The van der Waals surface area contributed by atoms with Crippen molar-refractivity contribution in [3.63, 3.8) is 0 Å². The quantitative estimate of drug-likeness (QED) is 0.498. The number of halogens is 6. The summed E-state index contributed by atoms with van der Waals surface area (Å²) in [4.78, 5) is 8.90. The van der Waals surface area contributed by atoms with Crippen LogP contribution < -0.4 is 10.1 Å². The van der Waals surface area contributed by atoms with E-state index in [1.54, 1.807) is 12.1 Å². The number of aliphatic carboxylic acids is 1. The largest absolute Gasteiger partial charge is 0.573 e. The minimum atomic E-state index is -5.08.